The third-order valence-corrected chi connectivity index (χ3v) is 3.38. The summed E-state index contributed by atoms with van der Waals surface area (Å²) in [6.45, 7) is 4.20. The van der Waals surface area contributed by atoms with E-state index >= 15 is 0 Å². The van der Waals surface area contributed by atoms with Crippen LogP contribution >= 0.6 is 0 Å². The largest absolute Gasteiger partial charge is 0.497 e. The van der Waals surface area contributed by atoms with Gasteiger partial charge in [0.25, 0.3) is 0 Å². The summed E-state index contributed by atoms with van der Waals surface area (Å²) >= 11 is 0. The van der Waals surface area contributed by atoms with Crippen LogP contribution in [0.25, 0.3) is 0 Å². The lowest BCUT2D eigenvalue weighted by Gasteiger charge is -2.18. The van der Waals surface area contributed by atoms with Crippen LogP contribution in [-0.4, -0.2) is 31.5 Å². The number of hydrogen-bond acceptors (Lipinski definition) is 3. The molecule has 0 unspecified atom stereocenters. The fraction of sp³-hybridized carbons (Fsp3) is 0.467. The molecule has 1 atom stereocenters. The van der Waals surface area contributed by atoms with Gasteiger partial charge in [0.15, 0.2) is 0 Å². The first kappa shape index (κ1) is 14.4. The molecule has 1 aromatic rings. The van der Waals surface area contributed by atoms with Crippen LogP contribution < -0.4 is 15.0 Å². The molecule has 1 heterocycles. The van der Waals surface area contributed by atoms with E-state index in [2.05, 4.69) is 5.32 Å². The standard InChI is InChI=1S/C15H20N2O3/c1-10(2)15(19)16-11-8-14(18)17(9-11)12-4-6-13(20-3)7-5-12/h4-7,10-11H,8-9H2,1-3H3,(H,16,19)/t11-/m0/s1. The minimum Gasteiger partial charge on any atom is -0.497 e. The van der Waals surface area contributed by atoms with Crippen LogP contribution in [0.1, 0.15) is 20.3 Å². The number of anilines is 1. The Labute approximate surface area is 118 Å². The third kappa shape index (κ3) is 3.10. The molecule has 2 amide bonds. The lowest BCUT2D eigenvalue weighted by atomic mass is 10.2. The molecule has 1 aromatic carbocycles. The number of amides is 2. The first-order chi connectivity index (χ1) is 9.51. The summed E-state index contributed by atoms with van der Waals surface area (Å²) in [5, 5.41) is 2.90. The smallest absolute Gasteiger partial charge is 0.229 e. The second kappa shape index (κ2) is 5.94. The van der Waals surface area contributed by atoms with Crippen molar-refractivity contribution in [3.05, 3.63) is 24.3 Å². The van der Waals surface area contributed by atoms with E-state index < -0.39 is 0 Å². The second-order valence-electron chi connectivity index (χ2n) is 5.27. The zero-order valence-corrected chi connectivity index (χ0v) is 12.1. The van der Waals surface area contributed by atoms with E-state index in [4.69, 9.17) is 4.74 Å². The molecule has 5 nitrogen and oxygen atoms in total. The maximum atomic E-state index is 12.0. The highest BCUT2D eigenvalue weighted by molar-refractivity contribution is 5.97. The molecule has 1 N–H and O–H groups in total. The van der Waals surface area contributed by atoms with Gasteiger partial charge in [-0.25, -0.2) is 0 Å². The van der Waals surface area contributed by atoms with Gasteiger partial charge in [0, 0.05) is 24.6 Å². The Bertz CT molecular complexity index is 496. The van der Waals surface area contributed by atoms with Gasteiger partial charge in [-0.1, -0.05) is 13.8 Å². The van der Waals surface area contributed by atoms with Crippen LogP contribution in [0.4, 0.5) is 5.69 Å². The Balaban J connectivity index is 2.03. The summed E-state index contributed by atoms with van der Waals surface area (Å²) < 4.78 is 5.10. The Morgan fingerprint density at radius 3 is 2.55 bits per heavy atom. The number of nitrogens with one attached hydrogen (secondary N) is 1. The highest BCUT2D eigenvalue weighted by Crippen LogP contribution is 2.24. The summed E-state index contributed by atoms with van der Waals surface area (Å²) in [5.74, 6) is 0.703. The van der Waals surface area contributed by atoms with Gasteiger partial charge in [0.05, 0.1) is 13.2 Å². The highest BCUT2D eigenvalue weighted by atomic mass is 16.5. The molecule has 20 heavy (non-hydrogen) atoms. The van der Waals surface area contributed by atoms with Gasteiger partial charge in [-0.3, -0.25) is 9.59 Å². The van der Waals surface area contributed by atoms with Crippen molar-refractivity contribution >= 4 is 17.5 Å². The van der Waals surface area contributed by atoms with E-state index in [1.807, 2.05) is 38.1 Å². The molecule has 1 aliphatic rings. The monoisotopic (exact) mass is 276 g/mol. The average Bonchev–Trinajstić information content (AvgIpc) is 2.79. The van der Waals surface area contributed by atoms with E-state index in [9.17, 15) is 9.59 Å². The summed E-state index contributed by atoms with van der Waals surface area (Å²) in [7, 11) is 1.60. The summed E-state index contributed by atoms with van der Waals surface area (Å²) in [5.41, 5.74) is 0.831. The first-order valence-corrected chi connectivity index (χ1v) is 6.76. The van der Waals surface area contributed by atoms with E-state index in [1.54, 1.807) is 12.0 Å². The molecule has 108 valence electrons. The van der Waals surface area contributed by atoms with Crippen molar-refractivity contribution in [3.8, 4) is 5.75 Å². The van der Waals surface area contributed by atoms with Crippen molar-refractivity contribution in [1.29, 1.82) is 0 Å². The maximum absolute atomic E-state index is 12.0. The van der Waals surface area contributed by atoms with Crippen molar-refractivity contribution in [2.45, 2.75) is 26.3 Å². The zero-order valence-electron chi connectivity index (χ0n) is 12.1. The van der Waals surface area contributed by atoms with Crippen molar-refractivity contribution in [1.82, 2.24) is 5.32 Å². The highest BCUT2D eigenvalue weighted by Gasteiger charge is 2.31. The number of carbonyl (C=O) groups is 2. The van der Waals surface area contributed by atoms with Crippen LogP contribution in [0, 0.1) is 5.92 Å². The van der Waals surface area contributed by atoms with Gasteiger partial charge < -0.3 is 15.0 Å². The molecular weight excluding hydrogens is 256 g/mol. The maximum Gasteiger partial charge on any atom is 0.229 e. The molecule has 0 aromatic heterocycles. The normalized spacial score (nSPS) is 18.5. The van der Waals surface area contributed by atoms with Crippen molar-refractivity contribution < 1.29 is 14.3 Å². The molecule has 1 saturated heterocycles. The Hall–Kier alpha value is -2.04. The molecule has 0 radical (unpaired) electrons. The minimum atomic E-state index is -0.112. The van der Waals surface area contributed by atoms with Gasteiger partial charge in [-0.15, -0.1) is 0 Å². The Kier molecular flexibility index (Phi) is 4.27. The molecule has 5 heteroatoms. The molecule has 1 aliphatic heterocycles. The number of carbonyl (C=O) groups excluding carboxylic acids is 2. The molecule has 0 saturated carbocycles. The predicted octanol–water partition coefficient (Wildman–Crippen LogP) is 1.57. The van der Waals surface area contributed by atoms with Crippen LogP contribution in [0.15, 0.2) is 24.3 Å². The van der Waals surface area contributed by atoms with Gasteiger partial charge in [0.2, 0.25) is 11.8 Å². The number of rotatable bonds is 4. The predicted molar refractivity (Wildman–Crippen MR) is 76.7 cm³/mol. The van der Waals surface area contributed by atoms with Crippen molar-refractivity contribution in [2.75, 3.05) is 18.6 Å². The topological polar surface area (TPSA) is 58.6 Å². The third-order valence-electron chi connectivity index (χ3n) is 3.38. The molecule has 1 fully saturated rings. The second-order valence-corrected chi connectivity index (χ2v) is 5.27. The van der Waals surface area contributed by atoms with Crippen LogP contribution in [0.3, 0.4) is 0 Å². The van der Waals surface area contributed by atoms with Crippen LogP contribution in [0.2, 0.25) is 0 Å². The molecular formula is C15H20N2O3. The zero-order chi connectivity index (χ0) is 14.7. The number of nitrogens with zero attached hydrogens (tertiary/aromatic N) is 1. The fourth-order valence-electron chi connectivity index (χ4n) is 2.18. The number of methoxy groups -OCH3 is 1. The Morgan fingerprint density at radius 1 is 1.35 bits per heavy atom. The quantitative estimate of drug-likeness (QED) is 0.908. The molecule has 0 bridgehead atoms. The SMILES string of the molecule is COc1ccc(N2C[C@@H](NC(=O)C(C)C)CC2=O)cc1. The summed E-state index contributed by atoms with van der Waals surface area (Å²) in [6, 6.07) is 7.23. The number of ether oxygens (including phenoxy) is 1. The average molecular weight is 276 g/mol. The van der Waals surface area contributed by atoms with Gasteiger partial charge >= 0.3 is 0 Å². The van der Waals surface area contributed by atoms with Crippen LogP contribution in [0.5, 0.6) is 5.75 Å². The van der Waals surface area contributed by atoms with E-state index in [0.29, 0.717) is 13.0 Å². The van der Waals surface area contributed by atoms with Gasteiger partial charge in [-0.05, 0) is 24.3 Å². The van der Waals surface area contributed by atoms with E-state index in [-0.39, 0.29) is 23.8 Å². The molecule has 0 spiro atoms. The summed E-state index contributed by atoms with van der Waals surface area (Å²) in [4.78, 5) is 25.4. The van der Waals surface area contributed by atoms with Crippen LogP contribution in [-0.2, 0) is 9.59 Å². The summed E-state index contributed by atoms with van der Waals surface area (Å²) in [6.07, 6.45) is 0.352. The van der Waals surface area contributed by atoms with Gasteiger partial charge in [-0.2, -0.15) is 0 Å². The van der Waals surface area contributed by atoms with Crippen molar-refractivity contribution in [2.24, 2.45) is 5.92 Å². The Morgan fingerprint density at radius 2 is 2.00 bits per heavy atom. The fourth-order valence-corrected chi connectivity index (χ4v) is 2.18. The minimum absolute atomic E-state index is 0.0145. The molecule has 0 aliphatic carbocycles. The first-order valence-electron chi connectivity index (χ1n) is 6.76. The van der Waals surface area contributed by atoms with Crippen molar-refractivity contribution in [3.63, 3.8) is 0 Å². The van der Waals surface area contributed by atoms with Gasteiger partial charge in [0.1, 0.15) is 5.75 Å². The number of hydrogen-bond donors (Lipinski definition) is 1. The lowest BCUT2D eigenvalue weighted by molar-refractivity contribution is -0.124. The molecule has 2 rings (SSSR count). The number of benzene rings is 1. The van der Waals surface area contributed by atoms with E-state index in [1.165, 1.54) is 0 Å². The van der Waals surface area contributed by atoms with E-state index in [0.717, 1.165) is 11.4 Å². The lowest BCUT2D eigenvalue weighted by Crippen LogP contribution is -2.39.